The molecule has 2 rings (SSSR count). The summed E-state index contributed by atoms with van der Waals surface area (Å²) in [6.07, 6.45) is 1.96. The molecule has 1 aliphatic heterocycles. The van der Waals surface area contributed by atoms with E-state index < -0.39 is 0 Å². The average Bonchev–Trinajstić information content (AvgIpc) is 2.46. The molecule has 4 nitrogen and oxygen atoms in total. The van der Waals surface area contributed by atoms with Crippen molar-refractivity contribution in [2.24, 2.45) is 11.1 Å². The van der Waals surface area contributed by atoms with Gasteiger partial charge >= 0.3 is 0 Å². The third-order valence-electron chi connectivity index (χ3n) is 3.81. The quantitative estimate of drug-likeness (QED) is 0.832. The van der Waals surface area contributed by atoms with Crippen LogP contribution in [0.15, 0.2) is 24.3 Å². The van der Waals surface area contributed by atoms with Gasteiger partial charge in [0, 0.05) is 30.9 Å². The maximum atomic E-state index is 12.1. The number of rotatable bonds is 4. The minimum Gasteiger partial charge on any atom is -0.389 e. The topological polar surface area (TPSA) is 64.4 Å². The maximum absolute atomic E-state index is 12.1. The normalized spacial score (nSPS) is 17.4. The summed E-state index contributed by atoms with van der Waals surface area (Å²) in [5.41, 5.74) is 7.06. The van der Waals surface area contributed by atoms with Crippen LogP contribution in [0.5, 0.6) is 0 Å². The number of nitrogens with one attached hydrogen (secondary N) is 1. The van der Waals surface area contributed by atoms with Gasteiger partial charge in [0.15, 0.2) is 0 Å². The fourth-order valence-electron chi connectivity index (χ4n) is 2.22. The van der Waals surface area contributed by atoms with Crippen molar-refractivity contribution in [3.63, 3.8) is 0 Å². The number of amides is 1. The van der Waals surface area contributed by atoms with Crippen molar-refractivity contribution < 1.29 is 9.53 Å². The fourth-order valence-corrected chi connectivity index (χ4v) is 2.36. The first kappa shape index (κ1) is 14.9. The van der Waals surface area contributed by atoms with Crippen molar-refractivity contribution in [2.75, 3.05) is 19.8 Å². The smallest absolute Gasteiger partial charge is 0.251 e. The van der Waals surface area contributed by atoms with Crippen LogP contribution in [-0.2, 0) is 4.74 Å². The summed E-state index contributed by atoms with van der Waals surface area (Å²) in [6, 6.07) is 7.03. The molecular formula is C15H20N2O2S. The minimum absolute atomic E-state index is 0.0628. The van der Waals surface area contributed by atoms with Gasteiger partial charge in [-0.25, -0.2) is 0 Å². The van der Waals surface area contributed by atoms with Crippen molar-refractivity contribution in [3.8, 4) is 0 Å². The molecule has 0 bridgehead atoms. The van der Waals surface area contributed by atoms with E-state index in [4.69, 9.17) is 22.7 Å². The van der Waals surface area contributed by atoms with Crippen molar-refractivity contribution in [1.82, 2.24) is 5.32 Å². The molecule has 1 aromatic rings. The highest BCUT2D eigenvalue weighted by atomic mass is 32.1. The molecule has 3 N–H and O–H groups in total. The zero-order valence-electron chi connectivity index (χ0n) is 11.6. The number of thiocarbonyl (C=S) groups is 1. The average molecular weight is 292 g/mol. The lowest BCUT2D eigenvalue weighted by atomic mass is 9.82. The van der Waals surface area contributed by atoms with Gasteiger partial charge in [0.05, 0.1) is 0 Å². The standard InChI is InChI=1S/C15H20N2O2S/c1-15(6-8-19-9-7-15)10-17-14(18)12-4-2-11(3-5-12)13(16)20/h2-5H,6-10H2,1H3,(H2,16,20)(H,17,18). The molecule has 1 aliphatic rings. The Kier molecular flexibility index (Phi) is 4.73. The van der Waals surface area contributed by atoms with E-state index in [0.717, 1.165) is 31.6 Å². The van der Waals surface area contributed by atoms with Crippen LogP contribution in [0.2, 0.25) is 0 Å². The van der Waals surface area contributed by atoms with Crippen LogP contribution >= 0.6 is 12.2 Å². The second kappa shape index (κ2) is 6.33. The molecular weight excluding hydrogens is 272 g/mol. The lowest BCUT2D eigenvalue weighted by Crippen LogP contribution is -2.39. The molecule has 1 heterocycles. The Morgan fingerprint density at radius 3 is 2.40 bits per heavy atom. The Morgan fingerprint density at radius 1 is 1.30 bits per heavy atom. The van der Waals surface area contributed by atoms with Crippen LogP contribution < -0.4 is 11.1 Å². The Labute approximate surface area is 124 Å². The number of nitrogens with two attached hydrogens (primary N) is 1. The molecule has 1 amide bonds. The van der Waals surface area contributed by atoms with Crippen molar-refractivity contribution in [2.45, 2.75) is 19.8 Å². The summed E-state index contributed by atoms with van der Waals surface area (Å²) in [7, 11) is 0. The van der Waals surface area contributed by atoms with Gasteiger partial charge in [0.1, 0.15) is 4.99 Å². The summed E-state index contributed by atoms with van der Waals surface area (Å²) in [5.74, 6) is -0.0628. The van der Waals surface area contributed by atoms with Crippen molar-refractivity contribution in [1.29, 1.82) is 0 Å². The monoisotopic (exact) mass is 292 g/mol. The van der Waals surface area contributed by atoms with Crippen LogP contribution in [0.1, 0.15) is 35.7 Å². The van der Waals surface area contributed by atoms with Gasteiger partial charge in [-0.05, 0) is 30.4 Å². The number of benzene rings is 1. The highest BCUT2D eigenvalue weighted by Gasteiger charge is 2.27. The van der Waals surface area contributed by atoms with E-state index in [2.05, 4.69) is 12.2 Å². The second-order valence-corrected chi connectivity index (χ2v) is 5.99. The first-order chi connectivity index (χ1) is 9.50. The van der Waals surface area contributed by atoms with E-state index >= 15 is 0 Å². The van der Waals surface area contributed by atoms with E-state index in [0.29, 0.717) is 17.1 Å². The van der Waals surface area contributed by atoms with Gasteiger partial charge in [-0.1, -0.05) is 31.3 Å². The van der Waals surface area contributed by atoms with E-state index in [1.165, 1.54) is 0 Å². The van der Waals surface area contributed by atoms with E-state index in [-0.39, 0.29) is 11.3 Å². The Morgan fingerprint density at radius 2 is 1.85 bits per heavy atom. The first-order valence-electron chi connectivity index (χ1n) is 6.76. The fraction of sp³-hybridized carbons (Fsp3) is 0.467. The Balaban J connectivity index is 1.92. The molecule has 0 aliphatic carbocycles. The molecule has 0 radical (unpaired) electrons. The predicted molar refractivity (Wildman–Crippen MR) is 82.8 cm³/mol. The molecule has 0 spiro atoms. The third-order valence-corrected chi connectivity index (χ3v) is 4.04. The maximum Gasteiger partial charge on any atom is 0.251 e. The predicted octanol–water partition coefficient (Wildman–Crippen LogP) is 1.87. The van der Waals surface area contributed by atoms with E-state index in [1.807, 2.05) is 0 Å². The summed E-state index contributed by atoms with van der Waals surface area (Å²) in [6.45, 7) is 4.40. The number of hydrogen-bond acceptors (Lipinski definition) is 3. The van der Waals surface area contributed by atoms with Crippen molar-refractivity contribution >= 4 is 23.1 Å². The lowest BCUT2D eigenvalue weighted by Gasteiger charge is -2.33. The van der Waals surface area contributed by atoms with Crippen LogP contribution in [0.3, 0.4) is 0 Å². The van der Waals surface area contributed by atoms with Crippen molar-refractivity contribution in [3.05, 3.63) is 35.4 Å². The molecule has 0 aromatic heterocycles. The molecule has 1 saturated heterocycles. The van der Waals surface area contributed by atoms with Crippen LogP contribution in [0, 0.1) is 5.41 Å². The first-order valence-corrected chi connectivity index (χ1v) is 7.17. The summed E-state index contributed by atoms with van der Waals surface area (Å²) < 4.78 is 5.36. The summed E-state index contributed by atoms with van der Waals surface area (Å²) >= 11 is 4.89. The third kappa shape index (κ3) is 3.77. The summed E-state index contributed by atoms with van der Waals surface area (Å²) in [4.78, 5) is 12.4. The lowest BCUT2D eigenvalue weighted by molar-refractivity contribution is 0.0238. The SMILES string of the molecule is CC1(CNC(=O)c2ccc(C(N)=S)cc2)CCOCC1. The molecule has 1 fully saturated rings. The molecule has 108 valence electrons. The van der Waals surface area contributed by atoms with Gasteiger partial charge in [-0.2, -0.15) is 0 Å². The largest absolute Gasteiger partial charge is 0.389 e. The minimum atomic E-state index is -0.0628. The Hall–Kier alpha value is -1.46. The summed E-state index contributed by atoms with van der Waals surface area (Å²) in [5, 5.41) is 3.00. The second-order valence-electron chi connectivity index (χ2n) is 5.55. The molecule has 5 heteroatoms. The van der Waals surface area contributed by atoms with Crippen LogP contribution in [0.4, 0.5) is 0 Å². The van der Waals surface area contributed by atoms with Gasteiger partial charge in [-0.15, -0.1) is 0 Å². The number of ether oxygens (including phenoxy) is 1. The van der Waals surface area contributed by atoms with Gasteiger partial charge in [-0.3, -0.25) is 4.79 Å². The van der Waals surface area contributed by atoms with Gasteiger partial charge in [0.25, 0.3) is 5.91 Å². The van der Waals surface area contributed by atoms with Crippen LogP contribution in [0.25, 0.3) is 0 Å². The molecule has 1 aromatic carbocycles. The van der Waals surface area contributed by atoms with Gasteiger partial charge in [0.2, 0.25) is 0 Å². The number of carbonyl (C=O) groups is 1. The number of hydrogen-bond donors (Lipinski definition) is 2. The highest BCUT2D eigenvalue weighted by molar-refractivity contribution is 7.80. The molecule has 20 heavy (non-hydrogen) atoms. The zero-order valence-corrected chi connectivity index (χ0v) is 12.5. The molecule has 0 saturated carbocycles. The molecule has 0 unspecified atom stereocenters. The Bertz CT molecular complexity index is 493. The highest BCUT2D eigenvalue weighted by Crippen LogP contribution is 2.28. The van der Waals surface area contributed by atoms with E-state index in [9.17, 15) is 4.79 Å². The van der Waals surface area contributed by atoms with Gasteiger partial charge < -0.3 is 15.8 Å². The van der Waals surface area contributed by atoms with Crippen LogP contribution in [-0.4, -0.2) is 30.7 Å². The zero-order chi connectivity index (χ0) is 14.6. The van der Waals surface area contributed by atoms with E-state index in [1.54, 1.807) is 24.3 Å². The molecule has 0 atom stereocenters. The number of carbonyl (C=O) groups excluding carboxylic acids is 1.